The summed E-state index contributed by atoms with van der Waals surface area (Å²) in [5, 5.41) is 2.19. The normalized spacial score (nSPS) is 18.9. The molecule has 0 aliphatic heterocycles. The van der Waals surface area contributed by atoms with Gasteiger partial charge in [-0.25, -0.2) is 4.39 Å². The highest BCUT2D eigenvalue weighted by Crippen LogP contribution is 2.31. The van der Waals surface area contributed by atoms with Crippen molar-refractivity contribution in [2.24, 2.45) is 16.8 Å². The van der Waals surface area contributed by atoms with Gasteiger partial charge in [0.1, 0.15) is 11.5 Å². The predicted molar refractivity (Wildman–Crippen MR) is 114 cm³/mol. The van der Waals surface area contributed by atoms with Crippen LogP contribution in [0.15, 0.2) is 47.5 Å². The van der Waals surface area contributed by atoms with Crippen molar-refractivity contribution in [1.29, 1.82) is 0 Å². The van der Waals surface area contributed by atoms with Crippen LogP contribution in [-0.4, -0.2) is 5.16 Å². The van der Waals surface area contributed by atoms with Crippen LogP contribution in [0, 0.1) is 29.5 Å². The van der Waals surface area contributed by atoms with Crippen molar-refractivity contribution in [2.45, 2.75) is 45.4 Å². The molecule has 27 heavy (non-hydrogen) atoms. The van der Waals surface area contributed by atoms with Crippen LogP contribution in [-0.2, 0) is 0 Å². The third-order valence-corrected chi connectivity index (χ3v) is 5.39. The molecule has 1 saturated carbocycles. The maximum absolute atomic E-state index is 14.0. The summed E-state index contributed by atoms with van der Waals surface area (Å²) in [7, 11) is 0. The lowest BCUT2D eigenvalue weighted by molar-refractivity contribution is 0.300. The van der Waals surface area contributed by atoms with Crippen LogP contribution in [0.1, 0.15) is 51.0 Å². The summed E-state index contributed by atoms with van der Waals surface area (Å²) < 4.78 is 14.0. The molecule has 1 aliphatic carbocycles. The van der Waals surface area contributed by atoms with Gasteiger partial charge in [-0.15, -0.1) is 0 Å². The molecular formula is C24H24FNS. The highest BCUT2D eigenvalue weighted by molar-refractivity contribution is 7.78. The molecule has 0 spiro atoms. The molecule has 2 aromatic rings. The number of isothiocyanates is 1. The number of rotatable bonds is 4. The average Bonchev–Trinajstić information content (AvgIpc) is 2.70. The van der Waals surface area contributed by atoms with Crippen LogP contribution in [0.4, 0.5) is 10.1 Å². The van der Waals surface area contributed by atoms with Gasteiger partial charge in [0, 0.05) is 11.5 Å². The first-order valence-electron chi connectivity index (χ1n) is 9.69. The molecule has 1 fully saturated rings. The van der Waals surface area contributed by atoms with Gasteiger partial charge in [-0.1, -0.05) is 49.8 Å². The lowest BCUT2D eigenvalue weighted by Gasteiger charge is -2.25. The Morgan fingerprint density at radius 1 is 1.04 bits per heavy atom. The zero-order valence-electron chi connectivity index (χ0n) is 15.7. The van der Waals surface area contributed by atoms with Gasteiger partial charge >= 0.3 is 0 Å². The topological polar surface area (TPSA) is 12.4 Å². The van der Waals surface area contributed by atoms with E-state index in [0.29, 0.717) is 5.92 Å². The van der Waals surface area contributed by atoms with Gasteiger partial charge in [0.05, 0.1) is 5.16 Å². The number of hydrogen-bond donors (Lipinski definition) is 0. The zero-order chi connectivity index (χ0) is 19.1. The van der Waals surface area contributed by atoms with E-state index in [1.807, 2.05) is 30.3 Å². The number of halogens is 1. The number of nitrogens with zero attached hydrogens (tertiary/aromatic N) is 1. The molecule has 3 rings (SSSR count). The Hall–Kier alpha value is -2.27. The van der Waals surface area contributed by atoms with Gasteiger partial charge in [-0.3, -0.25) is 0 Å². The quantitative estimate of drug-likeness (QED) is 0.312. The Bertz CT molecular complexity index is 877. The predicted octanol–water partition coefficient (Wildman–Crippen LogP) is 7.19. The monoisotopic (exact) mass is 377 g/mol. The first kappa shape index (κ1) is 19.5. The average molecular weight is 378 g/mol. The second-order valence-electron chi connectivity index (χ2n) is 7.22. The van der Waals surface area contributed by atoms with E-state index in [-0.39, 0.29) is 5.69 Å². The summed E-state index contributed by atoms with van der Waals surface area (Å²) in [5.74, 6) is 7.81. The van der Waals surface area contributed by atoms with Crippen LogP contribution in [0.5, 0.6) is 0 Å². The maximum atomic E-state index is 14.0. The number of thiocarbonyl (C=S) groups is 1. The molecular weight excluding hydrogens is 353 g/mol. The Morgan fingerprint density at radius 3 is 2.37 bits per heavy atom. The molecule has 0 unspecified atom stereocenters. The molecule has 0 radical (unpaired) electrons. The summed E-state index contributed by atoms with van der Waals surface area (Å²) in [6.45, 7) is 2.27. The van der Waals surface area contributed by atoms with Crippen LogP contribution in [0.2, 0.25) is 0 Å². The maximum Gasteiger partial charge on any atom is 0.150 e. The standard InChI is InChI=1S/C24H24FNS/c1-2-3-18-4-6-19(7-5-18)8-9-20-10-12-21(13-11-20)22-14-15-24(26-17-27)23(25)16-22/h10-16,18-19H,2-7H2,1H3. The number of benzene rings is 2. The van der Waals surface area contributed by atoms with Crippen molar-refractivity contribution in [2.75, 3.05) is 0 Å². The van der Waals surface area contributed by atoms with Crippen molar-refractivity contribution in [3.05, 3.63) is 53.8 Å². The Morgan fingerprint density at radius 2 is 1.74 bits per heavy atom. The first-order chi connectivity index (χ1) is 13.2. The fourth-order valence-electron chi connectivity index (χ4n) is 3.76. The third-order valence-electron chi connectivity index (χ3n) is 5.30. The van der Waals surface area contributed by atoms with Gasteiger partial charge in [0.25, 0.3) is 0 Å². The fraction of sp³-hybridized carbons (Fsp3) is 0.375. The Kier molecular flexibility index (Phi) is 6.93. The van der Waals surface area contributed by atoms with E-state index in [0.717, 1.165) is 22.6 Å². The van der Waals surface area contributed by atoms with E-state index in [1.54, 1.807) is 6.07 Å². The van der Waals surface area contributed by atoms with E-state index in [4.69, 9.17) is 0 Å². The highest BCUT2D eigenvalue weighted by atomic mass is 32.1. The van der Waals surface area contributed by atoms with Crippen molar-refractivity contribution in [3.8, 4) is 23.0 Å². The van der Waals surface area contributed by atoms with Crippen molar-refractivity contribution in [3.63, 3.8) is 0 Å². The molecule has 3 heteroatoms. The largest absolute Gasteiger partial charge is 0.205 e. The van der Waals surface area contributed by atoms with Crippen LogP contribution < -0.4 is 0 Å². The van der Waals surface area contributed by atoms with Gasteiger partial charge in [0.2, 0.25) is 0 Å². The molecule has 1 nitrogen and oxygen atoms in total. The summed E-state index contributed by atoms with van der Waals surface area (Å²) in [5.41, 5.74) is 2.99. The van der Waals surface area contributed by atoms with Gasteiger partial charge in [-0.2, -0.15) is 4.99 Å². The van der Waals surface area contributed by atoms with Crippen molar-refractivity contribution < 1.29 is 4.39 Å². The minimum absolute atomic E-state index is 0.213. The summed E-state index contributed by atoms with van der Waals surface area (Å²) in [6, 6.07) is 12.9. The molecule has 0 heterocycles. The molecule has 0 bridgehead atoms. The Labute approximate surface area is 166 Å². The van der Waals surface area contributed by atoms with Gasteiger partial charge in [-0.05, 0) is 79.2 Å². The molecule has 0 aromatic heterocycles. The first-order valence-corrected chi connectivity index (χ1v) is 10.1. The van der Waals surface area contributed by atoms with Crippen LogP contribution in [0.25, 0.3) is 11.1 Å². The minimum Gasteiger partial charge on any atom is -0.205 e. The van der Waals surface area contributed by atoms with Crippen LogP contribution in [0.3, 0.4) is 0 Å². The minimum atomic E-state index is -0.396. The zero-order valence-corrected chi connectivity index (χ0v) is 16.5. The van der Waals surface area contributed by atoms with Crippen molar-refractivity contribution >= 4 is 23.1 Å². The van der Waals surface area contributed by atoms with Crippen molar-refractivity contribution in [1.82, 2.24) is 0 Å². The van der Waals surface area contributed by atoms with Gasteiger partial charge in [0.15, 0.2) is 0 Å². The second kappa shape index (κ2) is 9.60. The van der Waals surface area contributed by atoms with E-state index in [2.05, 4.69) is 41.1 Å². The van der Waals surface area contributed by atoms with E-state index in [9.17, 15) is 4.39 Å². The summed E-state index contributed by atoms with van der Waals surface area (Å²) >= 11 is 4.53. The molecule has 0 amide bonds. The third kappa shape index (κ3) is 5.36. The van der Waals surface area contributed by atoms with E-state index < -0.39 is 5.82 Å². The molecule has 0 atom stereocenters. The van der Waals surface area contributed by atoms with E-state index in [1.165, 1.54) is 44.6 Å². The summed E-state index contributed by atoms with van der Waals surface area (Å²) in [4.78, 5) is 3.71. The molecule has 0 saturated heterocycles. The fourth-order valence-corrected chi connectivity index (χ4v) is 3.86. The molecule has 138 valence electrons. The molecule has 2 aromatic carbocycles. The highest BCUT2D eigenvalue weighted by Gasteiger charge is 2.18. The molecule has 1 aliphatic rings. The number of hydrogen-bond acceptors (Lipinski definition) is 2. The smallest absolute Gasteiger partial charge is 0.150 e. The number of aliphatic imine (C=N–C) groups is 1. The second-order valence-corrected chi connectivity index (χ2v) is 7.40. The van der Waals surface area contributed by atoms with E-state index >= 15 is 0 Å². The lowest BCUT2D eigenvalue weighted by atomic mass is 9.80. The lowest BCUT2D eigenvalue weighted by Crippen LogP contribution is -2.13. The van der Waals surface area contributed by atoms with Gasteiger partial charge < -0.3 is 0 Å². The van der Waals surface area contributed by atoms with Crippen LogP contribution >= 0.6 is 12.2 Å². The summed E-state index contributed by atoms with van der Waals surface area (Å²) in [6.07, 6.45) is 7.75. The Balaban J connectivity index is 1.65. The molecule has 0 N–H and O–H groups in total. The SMILES string of the molecule is CCCC1CCC(C#Cc2ccc(-c3ccc(N=C=S)c(F)c3)cc2)CC1.